The molecule has 0 spiro atoms. The monoisotopic (exact) mass is 700 g/mol. The van der Waals surface area contributed by atoms with Crippen LogP contribution in [0.4, 0.5) is 0 Å². The van der Waals surface area contributed by atoms with Gasteiger partial charge in [0.2, 0.25) is 0 Å². The standard InChI is InChI=1S/C30H63NO2.C10H16O3.CH2O2/c1-4-6-8-11-17-23-30(22-16-9-7-5-2)24-18-12-10-13-19-25-31(27-28-32)26-20-14-15-21-29-33-3;1-2-3-4-5-9-13-10(12)7-6-8-11;2-1-3/h30,32H,4-29H2,1-3H3;6-8H,2-5,9H2,1H3;1H,(H,2,3)/b;7-6+;. The molecule has 2 N–H and O–H groups in total. The molecule has 1 atom stereocenters. The van der Waals surface area contributed by atoms with E-state index in [2.05, 4.69) is 25.7 Å². The number of carbonyl (C=O) groups excluding carboxylic acids is 2. The molecule has 8 heteroatoms. The molecule has 0 fully saturated rings. The topological polar surface area (TPSA) is 113 Å². The largest absolute Gasteiger partial charge is 0.483 e. The van der Waals surface area contributed by atoms with E-state index >= 15 is 0 Å². The second-order valence-electron chi connectivity index (χ2n) is 13.3. The van der Waals surface area contributed by atoms with Crippen LogP contribution in [0.5, 0.6) is 0 Å². The average Bonchev–Trinajstić information content (AvgIpc) is 3.10. The number of aliphatic hydroxyl groups excluding tert-OH is 1. The molecule has 0 aliphatic rings. The minimum absolute atomic E-state index is 0.250. The normalized spacial score (nSPS) is 11.5. The second-order valence-corrected chi connectivity index (χ2v) is 13.3. The number of hydrogen-bond donors (Lipinski definition) is 2. The van der Waals surface area contributed by atoms with Crippen molar-refractivity contribution in [2.45, 2.75) is 181 Å². The molecule has 292 valence electrons. The highest BCUT2D eigenvalue weighted by Gasteiger charge is 2.09. The van der Waals surface area contributed by atoms with Crippen LogP contribution in [-0.2, 0) is 23.9 Å². The number of carbonyl (C=O) groups is 3. The number of nitrogens with zero attached hydrogens (tertiary/aromatic N) is 1. The summed E-state index contributed by atoms with van der Waals surface area (Å²) in [6, 6.07) is 0. The van der Waals surface area contributed by atoms with Crippen LogP contribution in [-0.4, -0.2) is 80.4 Å². The summed E-state index contributed by atoms with van der Waals surface area (Å²) in [5.41, 5.74) is 0. The number of rotatable bonds is 35. The second kappa shape index (κ2) is 48.3. The third-order valence-electron chi connectivity index (χ3n) is 8.81. The van der Waals surface area contributed by atoms with Crippen LogP contribution >= 0.6 is 0 Å². The number of allylic oxidation sites excluding steroid dienone is 1. The summed E-state index contributed by atoms with van der Waals surface area (Å²) in [5, 5.41) is 16.3. The predicted molar refractivity (Wildman–Crippen MR) is 206 cm³/mol. The zero-order valence-electron chi connectivity index (χ0n) is 32.7. The fourth-order valence-corrected chi connectivity index (χ4v) is 5.91. The van der Waals surface area contributed by atoms with Crippen molar-refractivity contribution < 1.29 is 34.1 Å². The van der Waals surface area contributed by atoms with Gasteiger partial charge in [0.25, 0.3) is 6.47 Å². The van der Waals surface area contributed by atoms with Gasteiger partial charge in [-0.25, -0.2) is 4.79 Å². The van der Waals surface area contributed by atoms with Crippen molar-refractivity contribution in [3.8, 4) is 0 Å². The first kappa shape index (κ1) is 51.6. The Balaban J connectivity index is -0.00000109. The van der Waals surface area contributed by atoms with E-state index in [1.807, 2.05) is 0 Å². The molecule has 49 heavy (non-hydrogen) atoms. The highest BCUT2D eigenvalue weighted by molar-refractivity contribution is 5.86. The first-order valence-electron chi connectivity index (χ1n) is 20.2. The molecule has 0 heterocycles. The number of aldehydes is 1. The molecule has 0 saturated heterocycles. The minimum atomic E-state index is -0.441. The SMILES string of the molecule is CCCCCCCC(CCCCCC)CCCCCCCN(CCO)CCCCCCOC.CCCCCCOC(=O)/C=C/C=O.O=CO. The Morgan fingerprint density at radius 1 is 0.612 bits per heavy atom. The Morgan fingerprint density at radius 2 is 1.02 bits per heavy atom. The Bertz CT molecular complexity index is 674. The van der Waals surface area contributed by atoms with E-state index in [4.69, 9.17) is 19.4 Å². The fourth-order valence-electron chi connectivity index (χ4n) is 5.91. The van der Waals surface area contributed by atoms with Gasteiger partial charge in [-0.2, -0.15) is 0 Å². The number of esters is 1. The van der Waals surface area contributed by atoms with Crippen LogP contribution in [0, 0.1) is 5.92 Å². The smallest absolute Gasteiger partial charge is 0.330 e. The molecule has 0 amide bonds. The van der Waals surface area contributed by atoms with Gasteiger partial charge < -0.3 is 24.6 Å². The van der Waals surface area contributed by atoms with Crippen molar-refractivity contribution in [1.29, 1.82) is 0 Å². The molecule has 1 unspecified atom stereocenters. The first-order chi connectivity index (χ1) is 24.0. The summed E-state index contributed by atoms with van der Waals surface area (Å²) in [4.78, 5) is 31.4. The molecular formula is C41H81NO7. The number of methoxy groups -OCH3 is 1. The molecule has 0 aromatic heterocycles. The number of aliphatic hydroxyl groups is 1. The molecule has 0 aromatic carbocycles. The summed E-state index contributed by atoms with van der Waals surface area (Å²) in [5.74, 6) is 0.552. The van der Waals surface area contributed by atoms with Gasteiger partial charge in [-0.05, 0) is 50.8 Å². The Hall–Kier alpha value is -1.77. The lowest BCUT2D eigenvalue weighted by molar-refractivity contribution is -0.138. The third kappa shape index (κ3) is 48.4. The van der Waals surface area contributed by atoms with Crippen molar-refractivity contribution in [2.24, 2.45) is 5.92 Å². The van der Waals surface area contributed by atoms with E-state index < -0.39 is 5.97 Å². The van der Waals surface area contributed by atoms with E-state index in [9.17, 15) is 14.7 Å². The molecular weight excluding hydrogens is 618 g/mol. The van der Waals surface area contributed by atoms with Gasteiger partial charge in [0.1, 0.15) is 6.29 Å². The molecule has 8 nitrogen and oxygen atoms in total. The zero-order valence-corrected chi connectivity index (χ0v) is 32.7. The van der Waals surface area contributed by atoms with Crippen LogP contribution in [0.2, 0.25) is 0 Å². The molecule has 0 bridgehead atoms. The van der Waals surface area contributed by atoms with Crippen molar-refractivity contribution in [3.63, 3.8) is 0 Å². The van der Waals surface area contributed by atoms with E-state index in [1.54, 1.807) is 7.11 Å². The number of hydrogen-bond acceptors (Lipinski definition) is 7. The van der Waals surface area contributed by atoms with Crippen LogP contribution in [0.1, 0.15) is 181 Å². The van der Waals surface area contributed by atoms with Crippen LogP contribution in [0.15, 0.2) is 12.2 Å². The van der Waals surface area contributed by atoms with Gasteiger partial charge >= 0.3 is 5.97 Å². The van der Waals surface area contributed by atoms with Crippen molar-refractivity contribution in [3.05, 3.63) is 12.2 Å². The highest BCUT2D eigenvalue weighted by atomic mass is 16.5. The average molecular weight is 700 g/mol. The number of carboxylic acid groups (broad SMARTS) is 1. The molecule has 0 aliphatic heterocycles. The Kier molecular flexibility index (Phi) is 50.9. The third-order valence-corrected chi connectivity index (χ3v) is 8.81. The van der Waals surface area contributed by atoms with E-state index in [0.29, 0.717) is 19.5 Å². The van der Waals surface area contributed by atoms with Gasteiger partial charge in [-0.15, -0.1) is 0 Å². The maximum Gasteiger partial charge on any atom is 0.330 e. The molecule has 0 radical (unpaired) electrons. The van der Waals surface area contributed by atoms with Gasteiger partial charge in [-0.1, -0.05) is 156 Å². The van der Waals surface area contributed by atoms with Crippen molar-refractivity contribution in [1.82, 2.24) is 4.90 Å². The number of ether oxygens (including phenoxy) is 2. The molecule has 0 saturated carbocycles. The van der Waals surface area contributed by atoms with E-state index in [0.717, 1.165) is 57.2 Å². The number of unbranched alkanes of at least 4 members (excludes halogenated alkanes) is 17. The summed E-state index contributed by atoms with van der Waals surface area (Å²) in [7, 11) is 1.78. The summed E-state index contributed by atoms with van der Waals surface area (Å²) >= 11 is 0. The summed E-state index contributed by atoms with van der Waals surface area (Å²) in [6.45, 7) is 11.3. The van der Waals surface area contributed by atoms with Gasteiger partial charge in [0.15, 0.2) is 0 Å². The van der Waals surface area contributed by atoms with Crippen LogP contribution in [0.3, 0.4) is 0 Å². The Morgan fingerprint density at radius 3 is 1.49 bits per heavy atom. The lowest BCUT2D eigenvalue weighted by Crippen LogP contribution is -2.29. The lowest BCUT2D eigenvalue weighted by Gasteiger charge is -2.21. The van der Waals surface area contributed by atoms with Gasteiger partial charge in [-0.3, -0.25) is 9.59 Å². The lowest BCUT2D eigenvalue weighted by atomic mass is 9.89. The van der Waals surface area contributed by atoms with Gasteiger partial charge in [0.05, 0.1) is 13.2 Å². The zero-order chi connectivity index (χ0) is 36.9. The highest BCUT2D eigenvalue weighted by Crippen LogP contribution is 2.24. The summed E-state index contributed by atoms with van der Waals surface area (Å²) < 4.78 is 9.93. The predicted octanol–water partition coefficient (Wildman–Crippen LogP) is 10.3. The fraction of sp³-hybridized carbons (Fsp3) is 0.878. The van der Waals surface area contributed by atoms with E-state index in [1.165, 1.54) is 148 Å². The minimum Gasteiger partial charge on any atom is -0.483 e. The molecule has 0 aliphatic carbocycles. The van der Waals surface area contributed by atoms with Crippen LogP contribution in [0.25, 0.3) is 0 Å². The molecule has 0 aromatic rings. The summed E-state index contributed by atoms with van der Waals surface area (Å²) in [6.07, 6.45) is 36.3. The van der Waals surface area contributed by atoms with Crippen molar-refractivity contribution in [2.75, 3.05) is 46.6 Å². The maximum absolute atomic E-state index is 10.8. The van der Waals surface area contributed by atoms with Gasteiger partial charge in [0, 0.05) is 26.3 Å². The first-order valence-corrected chi connectivity index (χ1v) is 20.2. The quantitative estimate of drug-likeness (QED) is 0.0291. The molecule has 0 rings (SSSR count). The van der Waals surface area contributed by atoms with E-state index in [-0.39, 0.29) is 6.47 Å². The Labute approximate surface area is 303 Å². The van der Waals surface area contributed by atoms with Crippen LogP contribution < -0.4 is 0 Å². The van der Waals surface area contributed by atoms with Crippen molar-refractivity contribution >= 4 is 18.7 Å². The maximum atomic E-state index is 10.8.